The first-order valence-corrected chi connectivity index (χ1v) is 7.62. The first kappa shape index (κ1) is 16.3. The first-order chi connectivity index (χ1) is 10.3. The van der Waals surface area contributed by atoms with E-state index in [2.05, 4.69) is 10.3 Å². The zero-order valence-corrected chi connectivity index (χ0v) is 12.9. The summed E-state index contributed by atoms with van der Waals surface area (Å²) in [7, 11) is 0. The van der Waals surface area contributed by atoms with Crippen LogP contribution in [0.3, 0.4) is 0 Å². The number of aromatic amines is 1. The fourth-order valence-corrected chi connectivity index (χ4v) is 2.43. The molecule has 1 aromatic rings. The van der Waals surface area contributed by atoms with Crippen LogP contribution in [0.15, 0.2) is 16.9 Å². The third kappa shape index (κ3) is 4.72. The third-order valence-electron chi connectivity index (χ3n) is 3.66. The predicted octanol–water partition coefficient (Wildman–Crippen LogP) is 1.56. The van der Waals surface area contributed by atoms with Crippen molar-refractivity contribution in [1.82, 2.24) is 10.3 Å². The number of carbonyl (C=O) groups excluding carboxylic acids is 1. The summed E-state index contributed by atoms with van der Waals surface area (Å²) in [5, 5.41) is 11.7. The number of rotatable bonds is 7. The highest BCUT2D eigenvalue weighted by atomic mass is 16.4. The summed E-state index contributed by atoms with van der Waals surface area (Å²) in [5.74, 6) is -0.815. The molecule has 1 aliphatic rings. The fraction of sp³-hybridized carbons (Fsp3) is 0.562. The van der Waals surface area contributed by atoms with E-state index in [9.17, 15) is 19.5 Å². The normalized spacial score (nSPS) is 15.6. The van der Waals surface area contributed by atoms with E-state index in [1.165, 1.54) is 6.07 Å². The molecule has 22 heavy (non-hydrogen) atoms. The van der Waals surface area contributed by atoms with Gasteiger partial charge < -0.3 is 15.4 Å². The number of H-pyrrole nitrogens is 1. The molecule has 6 heteroatoms. The Hall–Kier alpha value is -2.11. The van der Waals surface area contributed by atoms with E-state index in [-0.39, 0.29) is 11.1 Å². The van der Waals surface area contributed by atoms with Gasteiger partial charge in [0, 0.05) is 17.3 Å². The van der Waals surface area contributed by atoms with Gasteiger partial charge in [-0.3, -0.25) is 9.59 Å². The van der Waals surface area contributed by atoms with Gasteiger partial charge in [0.05, 0.1) is 0 Å². The van der Waals surface area contributed by atoms with E-state index in [1.807, 2.05) is 13.8 Å². The smallest absolute Gasteiger partial charge is 0.326 e. The molecule has 1 fully saturated rings. The summed E-state index contributed by atoms with van der Waals surface area (Å²) in [6.07, 6.45) is 3.14. The second-order valence-corrected chi connectivity index (χ2v) is 6.40. The number of carboxylic acid groups (broad SMARTS) is 1. The molecule has 1 saturated carbocycles. The van der Waals surface area contributed by atoms with Crippen LogP contribution in [0.1, 0.15) is 49.2 Å². The van der Waals surface area contributed by atoms with Gasteiger partial charge in [-0.15, -0.1) is 0 Å². The third-order valence-corrected chi connectivity index (χ3v) is 3.66. The van der Waals surface area contributed by atoms with E-state index in [4.69, 9.17) is 0 Å². The van der Waals surface area contributed by atoms with Gasteiger partial charge in [0.1, 0.15) is 6.04 Å². The molecule has 1 atom stereocenters. The van der Waals surface area contributed by atoms with Crippen molar-refractivity contribution in [2.24, 2.45) is 11.8 Å². The lowest BCUT2D eigenvalue weighted by molar-refractivity contribution is -0.139. The van der Waals surface area contributed by atoms with Crippen LogP contribution in [0, 0.1) is 11.8 Å². The maximum absolute atomic E-state index is 12.2. The molecular formula is C16H22N2O4. The van der Waals surface area contributed by atoms with E-state index in [0.29, 0.717) is 30.4 Å². The average molecular weight is 306 g/mol. The second-order valence-electron chi connectivity index (χ2n) is 6.40. The molecular weight excluding hydrogens is 284 g/mol. The Morgan fingerprint density at radius 1 is 1.36 bits per heavy atom. The van der Waals surface area contributed by atoms with Crippen molar-refractivity contribution in [2.75, 3.05) is 0 Å². The predicted molar refractivity (Wildman–Crippen MR) is 81.8 cm³/mol. The second kappa shape index (κ2) is 6.77. The highest BCUT2D eigenvalue weighted by Crippen LogP contribution is 2.33. The zero-order valence-electron chi connectivity index (χ0n) is 12.9. The zero-order chi connectivity index (χ0) is 16.3. The van der Waals surface area contributed by atoms with Crippen LogP contribution < -0.4 is 10.9 Å². The molecule has 1 heterocycles. The number of aromatic nitrogens is 1. The van der Waals surface area contributed by atoms with Crippen molar-refractivity contribution in [1.29, 1.82) is 0 Å². The van der Waals surface area contributed by atoms with Crippen LogP contribution in [0.5, 0.6) is 0 Å². The SMILES string of the molecule is CC(C)Cc1cc(C(=O)NC(CC2CC2)C(=O)O)cc(=O)[nH]1. The van der Waals surface area contributed by atoms with Gasteiger partial charge in [0.15, 0.2) is 0 Å². The van der Waals surface area contributed by atoms with Crippen molar-refractivity contribution >= 4 is 11.9 Å². The van der Waals surface area contributed by atoms with Crippen molar-refractivity contribution in [3.05, 3.63) is 33.7 Å². The standard InChI is InChI=1S/C16H22N2O4/c1-9(2)5-12-7-11(8-14(19)17-12)15(20)18-13(16(21)22)6-10-3-4-10/h7-10,13H,3-6H2,1-2H3,(H,17,19)(H,18,20)(H,21,22). The number of hydrogen-bond acceptors (Lipinski definition) is 3. The van der Waals surface area contributed by atoms with Crippen molar-refractivity contribution in [3.8, 4) is 0 Å². The van der Waals surface area contributed by atoms with Crippen molar-refractivity contribution in [3.63, 3.8) is 0 Å². The van der Waals surface area contributed by atoms with Crippen LogP contribution in [-0.4, -0.2) is 28.0 Å². The Labute approximate surface area is 128 Å². The molecule has 0 bridgehead atoms. The topological polar surface area (TPSA) is 99.3 Å². The number of carboxylic acids is 1. The Kier molecular flexibility index (Phi) is 5.00. The molecule has 0 radical (unpaired) electrons. The summed E-state index contributed by atoms with van der Waals surface area (Å²) in [4.78, 5) is 37.8. The van der Waals surface area contributed by atoms with E-state index in [1.54, 1.807) is 6.07 Å². The molecule has 3 N–H and O–H groups in total. The molecule has 1 amide bonds. The largest absolute Gasteiger partial charge is 0.480 e. The van der Waals surface area contributed by atoms with Crippen LogP contribution in [0.25, 0.3) is 0 Å². The Morgan fingerprint density at radius 2 is 2.05 bits per heavy atom. The number of nitrogens with one attached hydrogen (secondary N) is 2. The molecule has 2 rings (SSSR count). The minimum atomic E-state index is -1.03. The van der Waals surface area contributed by atoms with E-state index < -0.39 is 17.9 Å². The minimum absolute atomic E-state index is 0.210. The van der Waals surface area contributed by atoms with Crippen LogP contribution in [0.2, 0.25) is 0 Å². The lowest BCUT2D eigenvalue weighted by Crippen LogP contribution is -2.41. The molecule has 0 spiro atoms. The van der Waals surface area contributed by atoms with E-state index >= 15 is 0 Å². The maximum atomic E-state index is 12.2. The highest BCUT2D eigenvalue weighted by Gasteiger charge is 2.30. The monoisotopic (exact) mass is 306 g/mol. The number of amides is 1. The van der Waals surface area contributed by atoms with Gasteiger partial charge in [-0.2, -0.15) is 0 Å². The molecule has 1 unspecified atom stereocenters. The highest BCUT2D eigenvalue weighted by molar-refractivity contribution is 5.96. The molecule has 0 saturated heterocycles. The molecule has 1 aliphatic carbocycles. The summed E-state index contributed by atoms with van der Waals surface area (Å²) < 4.78 is 0. The van der Waals surface area contributed by atoms with E-state index in [0.717, 1.165) is 12.8 Å². The number of aliphatic carboxylic acids is 1. The maximum Gasteiger partial charge on any atom is 0.326 e. The quantitative estimate of drug-likeness (QED) is 0.711. The number of pyridine rings is 1. The fourth-order valence-electron chi connectivity index (χ4n) is 2.43. The Balaban J connectivity index is 2.11. The number of hydrogen-bond donors (Lipinski definition) is 3. The lowest BCUT2D eigenvalue weighted by atomic mass is 10.1. The van der Waals surface area contributed by atoms with Gasteiger partial charge >= 0.3 is 5.97 Å². The van der Waals surface area contributed by atoms with Gasteiger partial charge in [-0.05, 0) is 30.7 Å². The van der Waals surface area contributed by atoms with Crippen LogP contribution in [0.4, 0.5) is 0 Å². The van der Waals surface area contributed by atoms with Gasteiger partial charge in [-0.25, -0.2) is 4.79 Å². The minimum Gasteiger partial charge on any atom is -0.480 e. The first-order valence-electron chi connectivity index (χ1n) is 7.62. The van der Waals surface area contributed by atoms with Gasteiger partial charge in [0.2, 0.25) is 5.56 Å². The summed E-state index contributed by atoms with van der Waals surface area (Å²) >= 11 is 0. The van der Waals surface area contributed by atoms with Crippen LogP contribution >= 0.6 is 0 Å². The summed E-state index contributed by atoms with van der Waals surface area (Å²) in [6, 6.07) is 1.93. The van der Waals surface area contributed by atoms with Gasteiger partial charge in [0.25, 0.3) is 5.91 Å². The molecule has 0 aromatic carbocycles. The molecule has 120 valence electrons. The average Bonchev–Trinajstić information content (AvgIpc) is 3.20. The Morgan fingerprint density at radius 3 is 2.59 bits per heavy atom. The van der Waals surface area contributed by atoms with Gasteiger partial charge in [-0.1, -0.05) is 26.7 Å². The van der Waals surface area contributed by atoms with Crippen molar-refractivity contribution in [2.45, 2.75) is 45.6 Å². The molecule has 0 aliphatic heterocycles. The Bertz CT molecular complexity index is 617. The van der Waals surface area contributed by atoms with Crippen molar-refractivity contribution < 1.29 is 14.7 Å². The lowest BCUT2D eigenvalue weighted by Gasteiger charge is -2.14. The molecule has 6 nitrogen and oxygen atoms in total. The van der Waals surface area contributed by atoms with Crippen LogP contribution in [-0.2, 0) is 11.2 Å². The molecule has 1 aromatic heterocycles. The summed E-state index contributed by atoms with van der Waals surface area (Å²) in [5.41, 5.74) is 0.542. The number of carbonyl (C=O) groups is 2. The summed E-state index contributed by atoms with van der Waals surface area (Å²) in [6.45, 7) is 4.03.